The predicted octanol–water partition coefficient (Wildman–Crippen LogP) is 1.69. The molecule has 1 aromatic heterocycles. The van der Waals surface area contributed by atoms with Gasteiger partial charge < -0.3 is 10.5 Å². The van der Waals surface area contributed by atoms with Gasteiger partial charge in [0.15, 0.2) is 0 Å². The maximum Gasteiger partial charge on any atom is 0.145 e. The number of hydrogen-bond donors (Lipinski definition) is 1. The Bertz CT molecular complexity index is 422. The molecule has 0 fully saturated rings. The minimum Gasteiger partial charge on any atom is -0.382 e. The van der Waals surface area contributed by atoms with E-state index in [0.717, 1.165) is 26.2 Å². The molecule has 1 unspecified atom stereocenters. The van der Waals surface area contributed by atoms with E-state index in [1.54, 1.807) is 0 Å². The molecule has 4 heteroatoms. The molecule has 3 rings (SSSR count). The molecule has 2 N–H and O–H groups in total. The summed E-state index contributed by atoms with van der Waals surface area (Å²) in [4.78, 5) is 0. The fourth-order valence-corrected chi connectivity index (χ4v) is 2.74. The van der Waals surface area contributed by atoms with Crippen molar-refractivity contribution in [1.29, 1.82) is 0 Å². The topological polar surface area (TPSA) is 53.1 Å². The van der Waals surface area contributed by atoms with Crippen LogP contribution in [-0.4, -0.2) is 23.0 Å². The molecule has 16 heavy (non-hydrogen) atoms. The van der Waals surface area contributed by atoms with Crippen molar-refractivity contribution in [2.45, 2.75) is 31.7 Å². The van der Waals surface area contributed by atoms with Crippen molar-refractivity contribution in [2.24, 2.45) is 0 Å². The van der Waals surface area contributed by atoms with Crippen LogP contribution in [0.5, 0.6) is 0 Å². The van der Waals surface area contributed by atoms with Gasteiger partial charge in [0, 0.05) is 24.2 Å². The van der Waals surface area contributed by atoms with E-state index in [4.69, 9.17) is 10.5 Å². The summed E-state index contributed by atoms with van der Waals surface area (Å²) in [7, 11) is 0. The maximum absolute atomic E-state index is 5.77. The molecule has 4 nitrogen and oxygen atoms in total. The zero-order valence-corrected chi connectivity index (χ0v) is 9.35. The highest BCUT2D eigenvalue weighted by atomic mass is 16.5. The third kappa shape index (κ3) is 1.63. The normalized spacial score (nSPS) is 25.0. The first-order chi connectivity index (χ1) is 7.84. The largest absolute Gasteiger partial charge is 0.382 e. The maximum atomic E-state index is 5.77. The van der Waals surface area contributed by atoms with Crippen molar-refractivity contribution < 1.29 is 4.74 Å². The first-order valence-electron chi connectivity index (χ1n) is 5.94. The van der Waals surface area contributed by atoms with Crippen LogP contribution in [0.3, 0.4) is 0 Å². The summed E-state index contributed by atoms with van der Waals surface area (Å²) in [5, 5.41) is 4.33. The number of rotatable bonds is 1. The van der Waals surface area contributed by atoms with Gasteiger partial charge in [-0.2, -0.15) is 5.10 Å². The average Bonchev–Trinajstić information content (AvgIpc) is 2.70. The molecule has 2 aliphatic heterocycles. The zero-order valence-electron chi connectivity index (χ0n) is 9.35. The molecule has 0 radical (unpaired) electrons. The van der Waals surface area contributed by atoms with Gasteiger partial charge in [-0.25, -0.2) is 0 Å². The van der Waals surface area contributed by atoms with E-state index in [9.17, 15) is 0 Å². The third-order valence-electron chi connectivity index (χ3n) is 3.50. The molecule has 0 amide bonds. The van der Waals surface area contributed by atoms with Crippen molar-refractivity contribution in [2.75, 3.05) is 18.9 Å². The number of aryl methyl sites for hydroxylation is 1. The van der Waals surface area contributed by atoms with E-state index in [2.05, 4.69) is 15.9 Å². The number of ether oxygens (including phenoxy) is 1. The Morgan fingerprint density at radius 2 is 2.44 bits per heavy atom. The lowest BCUT2D eigenvalue weighted by atomic mass is 9.86. The summed E-state index contributed by atoms with van der Waals surface area (Å²) in [6.07, 6.45) is 5.69. The number of nitrogens with zero attached hydrogens (tertiary/aromatic N) is 2. The number of fused-ring (bicyclic) bond motifs is 1. The van der Waals surface area contributed by atoms with Gasteiger partial charge in [0.2, 0.25) is 0 Å². The summed E-state index contributed by atoms with van der Waals surface area (Å²) < 4.78 is 7.43. The molecule has 1 atom stereocenters. The van der Waals surface area contributed by atoms with Crippen molar-refractivity contribution in [3.05, 3.63) is 23.4 Å². The molecule has 1 aromatic rings. The van der Waals surface area contributed by atoms with Gasteiger partial charge in [0.1, 0.15) is 5.82 Å². The molecular formula is C12H17N3O. The lowest BCUT2D eigenvalue weighted by molar-refractivity contribution is 0.151. The number of hydrogen-bond acceptors (Lipinski definition) is 3. The van der Waals surface area contributed by atoms with Gasteiger partial charge in [-0.05, 0) is 19.3 Å². The summed E-state index contributed by atoms with van der Waals surface area (Å²) in [6, 6.07) is 2.03. The van der Waals surface area contributed by atoms with E-state index in [1.807, 2.05) is 6.07 Å². The minimum absolute atomic E-state index is 0.516. The van der Waals surface area contributed by atoms with Crippen LogP contribution in [-0.2, 0) is 11.3 Å². The molecule has 0 spiro atoms. The highest BCUT2D eigenvalue weighted by molar-refractivity contribution is 5.36. The van der Waals surface area contributed by atoms with E-state index in [1.165, 1.54) is 24.1 Å². The molecule has 0 aliphatic carbocycles. The van der Waals surface area contributed by atoms with Gasteiger partial charge in [-0.3, -0.25) is 4.68 Å². The zero-order chi connectivity index (χ0) is 11.0. The second-order valence-corrected chi connectivity index (χ2v) is 4.52. The summed E-state index contributed by atoms with van der Waals surface area (Å²) in [5.74, 6) is 1.16. The Morgan fingerprint density at radius 3 is 3.25 bits per heavy atom. The monoisotopic (exact) mass is 219 g/mol. The highest BCUT2D eigenvalue weighted by Gasteiger charge is 2.25. The predicted molar refractivity (Wildman–Crippen MR) is 62.1 cm³/mol. The summed E-state index contributed by atoms with van der Waals surface area (Å²) in [6.45, 7) is 2.62. The number of aromatic nitrogens is 2. The molecule has 0 bridgehead atoms. The lowest BCUT2D eigenvalue weighted by Gasteiger charge is -2.27. The van der Waals surface area contributed by atoms with Crippen molar-refractivity contribution in [1.82, 2.24) is 9.78 Å². The van der Waals surface area contributed by atoms with Crippen LogP contribution in [0.1, 0.15) is 30.9 Å². The van der Waals surface area contributed by atoms with E-state index >= 15 is 0 Å². The van der Waals surface area contributed by atoms with Crippen molar-refractivity contribution in [3.63, 3.8) is 0 Å². The Balaban J connectivity index is 1.94. The SMILES string of the molecule is Nc1cc2n(n1)CCCC2C1=CCOCC1. The summed E-state index contributed by atoms with van der Waals surface area (Å²) in [5.41, 5.74) is 8.57. The van der Waals surface area contributed by atoms with Crippen LogP contribution in [0.25, 0.3) is 0 Å². The second kappa shape index (κ2) is 3.94. The quantitative estimate of drug-likeness (QED) is 0.731. The number of anilines is 1. The van der Waals surface area contributed by atoms with Gasteiger partial charge in [-0.1, -0.05) is 11.6 Å². The van der Waals surface area contributed by atoms with Gasteiger partial charge in [-0.15, -0.1) is 0 Å². The molecule has 0 saturated heterocycles. The Kier molecular flexibility index (Phi) is 2.44. The smallest absolute Gasteiger partial charge is 0.145 e. The third-order valence-corrected chi connectivity index (χ3v) is 3.50. The molecule has 2 aliphatic rings. The molecule has 0 aromatic carbocycles. The van der Waals surface area contributed by atoms with Crippen molar-refractivity contribution in [3.8, 4) is 0 Å². The van der Waals surface area contributed by atoms with E-state index in [-0.39, 0.29) is 0 Å². The van der Waals surface area contributed by atoms with Crippen LogP contribution in [0.2, 0.25) is 0 Å². The molecular weight excluding hydrogens is 202 g/mol. The van der Waals surface area contributed by atoms with Gasteiger partial charge in [0.05, 0.1) is 13.2 Å². The Hall–Kier alpha value is -1.29. The van der Waals surface area contributed by atoms with Crippen molar-refractivity contribution >= 4 is 5.82 Å². The molecule has 0 saturated carbocycles. The van der Waals surface area contributed by atoms with Crippen LogP contribution < -0.4 is 5.73 Å². The highest BCUT2D eigenvalue weighted by Crippen LogP contribution is 2.36. The summed E-state index contributed by atoms with van der Waals surface area (Å²) >= 11 is 0. The fourth-order valence-electron chi connectivity index (χ4n) is 2.74. The molecule has 86 valence electrons. The number of nitrogen functional groups attached to an aromatic ring is 1. The Labute approximate surface area is 95.1 Å². The van der Waals surface area contributed by atoms with Crippen LogP contribution >= 0.6 is 0 Å². The number of nitrogens with two attached hydrogens (primary N) is 1. The Morgan fingerprint density at radius 1 is 1.50 bits per heavy atom. The standard InChI is InChI=1S/C12H17N3O/c13-12-8-11-10(2-1-5-15(11)14-12)9-3-6-16-7-4-9/h3,8,10H,1-2,4-7H2,(H2,13,14). The average molecular weight is 219 g/mol. The minimum atomic E-state index is 0.516. The van der Waals surface area contributed by atoms with Gasteiger partial charge >= 0.3 is 0 Å². The van der Waals surface area contributed by atoms with Crippen LogP contribution in [0.4, 0.5) is 5.82 Å². The second-order valence-electron chi connectivity index (χ2n) is 4.52. The van der Waals surface area contributed by atoms with Gasteiger partial charge in [0.25, 0.3) is 0 Å². The fraction of sp³-hybridized carbons (Fsp3) is 0.583. The van der Waals surface area contributed by atoms with E-state index in [0.29, 0.717) is 11.7 Å². The lowest BCUT2D eigenvalue weighted by Crippen LogP contribution is -2.20. The van der Waals surface area contributed by atoms with E-state index < -0.39 is 0 Å². The van der Waals surface area contributed by atoms with Crippen LogP contribution in [0.15, 0.2) is 17.7 Å². The first kappa shape index (κ1) is 9.90. The molecule has 3 heterocycles. The van der Waals surface area contributed by atoms with Crippen LogP contribution in [0, 0.1) is 0 Å². The first-order valence-corrected chi connectivity index (χ1v) is 5.94.